The Morgan fingerprint density at radius 2 is 1.94 bits per heavy atom. The van der Waals surface area contributed by atoms with Crippen LogP contribution in [0.4, 0.5) is 5.69 Å². The summed E-state index contributed by atoms with van der Waals surface area (Å²) in [5, 5.41) is 11.8. The molecule has 0 bridgehead atoms. The average molecular weight is 248 g/mol. The van der Waals surface area contributed by atoms with E-state index in [0.29, 0.717) is 0 Å². The second-order valence-corrected chi connectivity index (χ2v) is 4.77. The summed E-state index contributed by atoms with van der Waals surface area (Å²) in [6.45, 7) is 6.23. The maximum absolute atomic E-state index is 8.71. The van der Waals surface area contributed by atoms with Crippen molar-refractivity contribution in [2.24, 2.45) is 10.9 Å². The number of nitrogens with zero attached hydrogens (tertiary/aromatic N) is 3. The predicted octanol–water partition coefficient (Wildman–Crippen LogP) is 0.841. The fourth-order valence-electron chi connectivity index (χ4n) is 2.25. The van der Waals surface area contributed by atoms with Gasteiger partial charge in [-0.15, -0.1) is 0 Å². The van der Waals surface area contributed by atoms with E-state index in [1.54, 1.807) is 0 Å². The molecular weight excluding hydrogens is 228 g/mol. The Balaban J connectivity index is 2.19. The van der Waals surface area contributed by atoms with Crippen LogP contribution in [0.3, 0.4) is 0 Å². The van der Waals surface area contributed by atoms with E-state index in [4.69, 9.17) is 10.9 Å². The van der Waals surface area contributed by atoms with E-state index in [1.165, 1.54) is 5.69 Å². The zero-order chi connectivity index (χ0) is 13.1. The van der Waals surface area contributed by atoms with E-state index in [1.807, 2.05) is 19.1 Å². The van der Waals surface area contributed by atoms with Gasteiger partial charge in [-0.1, -0.05) is 5.16 Å². The van der Waals surface area contributed by atoms with Crippen LogP contribution in [0.2, 0.25) is 0 Å². The van der Waals surface area contributed by atoms with Crippen LogP contribution in [0.5, 0.6) is 0 Å². The first kappa shape index (κ1) is 12.7. The molecular formula is C13H20N4O. The quantitative estimate of drug-likeness (QED) is 0.352. The van der Waals surface area contributed by atoms with Gasteiger partial charge in [-0.05, 0) is 37.7 Å². The van der Waals surface area contributed by atoms with Gasteiger partial charge in [0, 0.05) is 37.4 Å². The Kier molecular flexibility index (Phi) is 3.72. The Morgan fingerprint density at radius 3 is 2.50 bits per heavy atom. The molecule has 1 heterocycles. The molecule has 0 unspecified atom stereocenters. The third-order valence-corrected chi connectivity index (χ3v) is 3.46. The highest BCUT2D eigenvalue weighted by Gasteiger charge is 2.15. The van der Waals surface area contributed by atoms with Gasteiger partial charge in [0.05, 0.1) is 0 Å². The predicted molar refractivity (Wildman–Crippen MR) is 73.4 cm³/mol. The number of rotatable bonds is 2. The van der Waals surface area contributed by atoms with Crippen molar-refractivity contribution in [3.05, 3.63) is 29.3 Å². The number of benzene rings is 1. The van der Waals surface area contributed by atoms with Crippen LogP contribution in [-0.4, -0.2) is 49.2 Å². The first-order valence-electron chi connectivity index (χ1n) is 6.14. The van der Waals surface area contributed by atoms with Crippen molar-refractivity contribution in [1.82, 2.24) is 4.90 Å². The summed E-state index contributed by atoms with van der Waals surface area (Å²) in [6, 6.07) is 6.04. The molecule has 1 aliphatic heterocycles. The van der Waals surface area contributed by atoms with Crippen molar-refractivity contribution in [1.29, 1.82) is 0 Å². The van der Waals surface area contributed by atoms with Gasteiger partial charge in [0.15, 0.2) is 5.84 Å². The Labute approximate surface area is 107 Å². The zero-order valence-electron chi connectivity index (χ0n) is 10.9. The molecule has 18 heavy (non-hydrogen) atoms. The largest absolute Gasteiger partial charge is 0.409 e. The molecule has 1 aromatic carbocycles. The number of piperazine rings is 1. The molecule has 1 fully saturated rings. The lowest BCUT2D eigenvalue weighted by molar-refractivity contribution is 0.313. The monoisotopic (exact) mass is 248 g/mol. The second-order valence-electron chi connectivity index (χ2n) is 4.77. The molecule has 1 aromatic rings. The summed E-state index contributed by atoms with van der Waals surface area (Å²) in [7, 11) is 2.14. The maximum Gasteiger partial charge on any atom is 0.170 e. The number of hydrogen-bond acceptors (Lipinski definition) is 4. The smallest absolute Gasteiger partial charge is 0.170 e. The van der Waals surface area contributed by atoms with Crippen molar-refractivity contribution in [3.8, 4) is 0 Å². The number of oxime groups is 1. The van der Waals surface area contributed by atoms with Crippen LogP contribution in [0, 0.1) is 6.92 Å². The molecule has 1 aliphatic rings. The molecule has 2 rings (SSSR count). The maximum atomic E-state index is 8.71. The van der Waals surface area contributed by atoms with E-state index in [2.05, 4.69) is 28.1 Å². The lowest BCUT2D eigenvalue weighted by Gasteiger charge is -2.34. The molecule has 0 saturated carbocycles. The van der Waals surface area contributed by atoms with Crippen LogP contribution in [0.25, 0.3) is 0 Å². The Morgan fingerprint density at radius 1 is 1.28 bits per heavy atom. The number of aryl methyl sites for hydroxylation is 1. The third-order valence-electron chi connectivity index (χ3n) is 3.46. The number of likely N-dealkylation sites (N-methyl/N-ethyl adjacent to an activating group) is 1. The van der Waals surface area contributed by atoms with Crippen molar-refractivity contribution in [3.63, 3.8) is 0 Å². The molecule has 0 aliphatic carbocycles. The topological polar surface area (TPSA) is 65.1 Å². The summed E-state index contributed by atoms with van der Waals surface area (Å²) < 4.78 is 0. The van der Waals surface area contributed by atoms with Crippen LogP contribution in [0.1, 0.15) is 11.1 Å². The summed E-state index contributed by atoms with van der Waals surface area (Å²) >= 11 is 0. The highest BCUT2D eigenvalue weighted by Crippen LogP contribution is 2.20. The van der Waals surface area contributed by atoms with Crippen LogP contribution in [0.15, 0.2) is 23.4 Å². The van der Waals surface area contributed by atoms with Crippen molar-refractivity contribution in [2.45, 2.75) is 6.92 Å². The number of nitrogens with two attached hydrogens (primary N) is 1. The normalized spacial score (nSPS) is 18.1. The number of amidine groups is 1. The van der Waals surface area contributed by atoms with E-state index in [0.717, 1.165) is 37.3 Å². The van der Waals surface area contributed by atoms with E-state index >= 15 is 0 Å². The van der Waals surface area contributed by atoms with Gasteiger partial charge in [0.2, 0.25) is 0 Å². The highest BCUT2D eigenvalue weighted by molar-refractivity contribution is 5.98. The molecule has 3 N–H and O–H groups in total. The Bertz CT molecular complexity index is 450. The van der Waals surface area contributed by atoms with Crippen LogP contribution >= 0.6 is 0 Å². The summed E-state index contributed by atoms with van der Waals surface area (Å²) in [5.41, 5.74) is 8.64. The van der Waals surface area contributed by atoms with E-state index < -0.39 is 0 Å². The summed E-state index contributed by atoms with van der Waals surface area (Å²) in [5.74, 6) is 0.164. The Hall–Kier alpha value is -1.75. The summed E-state index contributed by atoms with van der Waals surface area (Å²) in [6.07, 6.45) is 0. The first-order chi connectivity index (χ1) is 8.61. The fraction of sp³-hybridized carbons (Fsp3) is 0.462. The average Bonchev–Trinajstić information content (AvgIpc) is 2.38. The lowest BCUT2D eigenvalue weighted by atomic mass is 10.1. The minimum absolute atomic E-state index is 0.164. The first-order valence-corrected chi connectivity index (χ1v) is 6.14. The molecule has 0 aromatic heterocycles. The molecule has 0 radical (unpaired) electrons. The lowest BCUT2D eigenvalue weighted by Crippen LogP contribution is -2.44. The molecule has 0 amide bonds. The molecule has 98 valence electrons. The third kappa shape index (κ3) is 2.56. The SMILES string of the molecule is Cc1cc(N2CCN(C)CC2)ccc1/C(N)=N/O. The number of anilines is 1. The van der Waals surface area contributed by atoms with Gasteiger partial charge in [-0.25, -0.2) is 0 Å². The zero-order valence-corrected chi connectivity index (χ0v) is 10.9. The minimum Gasteiger partial charge on any atom is -0.409 e. The van der Waals surface area contributed by atoms with Gasteiger partial charge in [-0.2, -0.15) is 0 Å². The molecule has 1 saturated heterocycles. The van der Waals surface area contributed by atoms with Crippen molar-refractivity contribution in [2.75, 3.05) is 38.1 Å². The molecule has 0 spiro atoms. The van der Waals surface area contributed by atoms with Crippen molar-refractivity contribution < 1.29 is 5.21 Å². The van der Waals surface area contributed by atoms with E-state index in [9.17, 15) is 0 Å². The molecule has 0 atom stereocenters. The van der Waals surface area contributed by atoms with Crippen LogP contribution in [-0.2, 0) is 0 Å². The van der Waals surface area contributed by atoms with Crippen molar-refractivity contribution >= 4 is 11.5 Å². The molecule has 5 nitrogen and oxygen atoms in total. The second kappa shape index (κ2) is 5.27. The van der Waals surface area contributed by atoms with E-state index in [-0.39, 0.29) is 5.84 Å². The van der Waals surface area contributed by atoms with Gasteiger partial charge in [-0.3, -0.25) is 0 Å². The molecule has 5 heteroatoms. The number of hydrogen-bond donors (Lipinski definition) is 2. The highest BCUT2D eigenvalue weighted by atomic mass is 16.4. The van der Waals surface area contributed by atoms with Gasteiger partial charge in [0.1, 0.15) is 0 Å². The summed E-state index contributed by atoms with van der Waals surface area (Å²) in [4.78, 5) is 4.69. The van der Waals surface area contributed by atoms with Crippen LogP contribution < -0.4 is 10.6 Å². The van der Waals surface area contributed by atoms with Gasteiger partial charge >= 0.3 is 0 Å². The van der Waals surface area contributed by atoms with Gasteiger partial charge in [0.25, 0.3) is 0 Å². The van der Waals surface area contributed by atoms with Gasteiger partial charge < -0.3 is 20.7 Å². The minimum atomic E-state index is 0.164. The fourth-order valence-corrected chi connectivity index (χ4v) is 2.25. The standard InChI is InChI=1S/C13H20N4O/c1-10-9-11(3-4-12(10)13(14)15-18)17-7-5-16(2)6-8-17/h3-4,9,18H,5-8H2,1-2H3,(H2,14,15).